The highest BCUT2D eigenvalue weighted by molar-refractivity contribution is 5.45. The summed E-state index contributed by atoms with van der Waals surface area (Å²) >= 11 is 0. The van der Waals surface area contributed by atoms with Gasteiger partial charge in [0.05, 0.1) is 6.61 Å². The zero-order chi connectivity index (χ0) is 14.7. The molecule has 1 fully saturated rings. The van der Waals surface area contributed by atoms with Gasteiger partial charge in [0.2, 0.25) is 0 Å². The third-order valence-electron chi connectivity index (χ3n) is 5.60. The summed E-state index contributed by atoms with van der Waals surface area (Å²) in [5.41, 5.74) is 3.25. The van der Waals surface area contributed by atoms with Crippen LogP contribution >= 0.6 is 0 Å². The van der Waals surface area contributed by atoms with Crippen molar-refractivity contribution in [1.82, 2.24) is 5.32 Å². The van der Waals surface area contributed by atoms with E-state index in [1.165, 1.54) is 55.4 Å². The van der Waals surface area contributed by atoms with Crippen LogP contribution in [0, 0.1) is 5.41 Å². The normalized spacial score (nSPS) is 21.6. The van der Waals surface area contributed by atoms with Crippen LogP contribution in [0.3, 0.4) is 0 Å². The molecule has 1 saturated carbocycles. The molecule has 1 heterocycles. The van der Waals surface area contributed by atoms with Gasteiger partial charge in [-0.15, -0.1) is 0 Å². The number of nitrogens with one attached hydrogen (secondary N) is 1. The van der Waals surface area contributed by atoms with Crippen molar-refractivity contribution in [3.63, 3.8) is 0 Å². The molecule has 1 aliphatic carbocycles. The van der Waals surface area contributed by atoms with Crippen molar-refractivity contribution >= 4 is 0 Å². The SMILES string of the molecule is CCNC(c1cccc2c1OCCC2)C1(CC)CCCC1. The van der Waals surface area contributed by atoms with Crippen molar-refractivity contribution in [2.45, 2.75) is 64.8 Å². The predicted octanol–water partition coefficient (Wildman–Crippen LogP) is 4.63. The number of hydrogen-bond donors (Lipinski definition) is 1. The maximum Gasteiger partial charge on any atom is 0.127 e. The largest absolute Gasteiger partial charge is 0.493 e. The van der Waals surface area contributed by atoms with E-state index < -0.39 is 0 Å². The van der Waals surface area contributed by atoms with Crippen LogP contribution < -0.4 is 10.1 Å². The van der Waals surface area contributed by atoms with E-state index in [0.29, 0.717) is 11.5 Å². The first-order chi connectivity index (χ1) is 10.3. The highest BCUT2D eigenvalue weighted by Crippen LogP contribution is 2.52. The maximum absolute atomic E-state index is 6.09. The van der Waals surface area contributed by atoms with Gasteiger partial charge in [-0.1, -0.05) is 44.9 Å². The summed E-state index contributed by atoms with van der Waals surface area (Å²) < 4.78 is 6.09. The van der Waals surface area contributed by atoms with E-state index in [4.69, 9.17) is 4.74 Å². The van der Waals surface area contributed by atoms with Crippen LogP contribution in [0.1, 0.15) is 69.5 Å². The molecule has 2 aliphatic rings. The lowest BCUT2D eigenvalue weighted by Gasteiger charge is -2.39. The van der Waals surface area contributed by atoms with Gasteiger partial charge >= 0.3 is 0 Å². The Morgan fingerprint density at radius 3 is 2.71 bits per heavy atom. The lowest BCUT2D eigenvalue weighted by atomic mass is 9.72. The number of hydrogen-bond acceptors (Lipinski definition) is 2. The molecule has 2 nitrogen and oxygen atoms in total. The van der Waals surface area contributed by atoms with E-state index in [1.807, 2.05) is 0 Å². The summed E-state index contributed by atoms with van der Waals surface area (Å²) in [7, 11) is 0. The molecule has 1 atom stereocenters. The van der Waals surface area contributed by atoms with Gasteiger partial charge in [0.15, 0.2) is 0 Å². The Morgan fingerprint density at radius 1 is 1.19 bits per heavy atom. The van der Waals surface area contributed by atoms with E-state index in [-0.39, 0.29) is 0 Å². The third-order valence-corrected chi connectivity index (χ3v) is 5.60. The van der Waals surface area contributed by atoms with Crippen molar-refractivity contribution in [1.29, 1.82) is 0 Å². The Kier molecular flexibility index (Phi) is 4.54. The second-order valence-corrected chi connectivity index (χ2v) is 6.70. The number of rotatable bonds is 5. The molecular weight excluding hydrogens is 258 g/mol. The van der Waals surface area contributed by atoms with Crippen molar-refractivity contribution in [3.8, 4) is 5.75 Å². The van der Waals surface area contributed by atoms with Crippen molar-refractivity contribution < 1.29 is 4.74 Å². The molecule has 0 saturated heterocycles. The highest BCUT2D eigenvalue weighted by atomic mass is 16.5. The van der Waals surface area contributed by atoms with Gasteiger partial charge in [-0.3, -0.25) is 0 Å². The standard InChI is InChI=1S/C19H29NO/c1-3-19(12-5-6-13-19)18(20-4-2)16-11-7-9-15-10-8-14-21-17(15)16/h7,9,11,18,20H,3-6,8,10,12-14H2,1-2H3. The summed E-state index contributed by atoms with van der Waals surface area (Å²) in [6.07, 6.45) is 9.05. The minimum absolute atomic E-state index is 0.423. The fourth-order valence-corrected chi connectivity index (χ4v) is 4.43. The molecular formula is C19H29NO. The van der Waals surface area contributed by atoms with Crippen molar-refractivity contribution in [2.75, 3.05) is 13.2 Å². The summed E-state index contributed by atoms with van der Waals surface area (Å²) in [6.45, 7) is 6.49. The topological polar surface area (TPSA) is 21.3 Å². The number of aryl methyl sites for hydroxylation is 1. The number of benzene rings is 1. The van der Waals surface area contributed by atoms with Crippen LogP contribution in [0.15, 0.2) is 18.2 Å². The van der Waals surface area contributed by atoms with Crippen molar-refractivity contribution in [2.24, 2.45) is 5.41 Å². The summed E-state index contributed by atoms with van der Waals surface area (Å²) in [5, 5.41) is 3.80. The van der Waals surface area contributed by atoms with Crippen LogP contribution in [-0.4, -0.2) is 13.2 Å². The minimum Gasteiger partial charge on any atom is -0.493 e. The third kappa shape index (κ3) is 2.70. The number of para-hydroxylation sites is 1. The van der Waals surface area contributed by atoms with Gasteiger partial charge < -0.3 is 10.1 Å². The highest BCUT2D eigenvalue weighted by Gasteiger charge is 2.41. The van der Waals surface area contributed by atoms with Gasteiger partial charge in [0.25, 0.3) is 0 Å². The van der Waals surface area contributed by atoms with Gasteiger partial charge in [-0.2, -0.15) is 0 Å². The zero-order valence-electron chi connectivity index (χ0n) is 13.6. The van der Waals surface area contributed by atoms with Gasteiger partial charge in [0.1, 0.15) is 5.75 Å². The second-order valence-electron chi connectivity index (χ2n) is 6.70. The smallest absolute Gasteiger partial charge is 0.127 e. The quantitative estimate of drug-likeness (QED) is 0.852. The van der Waals surface area contributed by atoms with Gasteiger partial charge in [0, 0.05) is 11.6 Å². The van der Waals surface area contributed by atoms with E-state index in [0.717, 1.165) is 19.6 Å². The summed E-state index contributed by atoms with van der Waals surface area (Å²) in [4.78, 5) is 0. The molecule has 1 N–H and O–H groups in total. The van der Waals surface area contributed by atoms with Crippen LogP contribution in [0.25, 0.3) is 0 Å². The monoisotopic (exact) mass is 287 g/mol. The first-order valence-electron chi connectivity index (χ1n) is 8.78. The van der Waals surface area contributed by atoms with Crippen LogP contribution in [0.4, 0.5) is 0 Å². The Hall–Kier alpha value is -1.02. The lowest BCUT2D eigenvalue weighted by molar-refractivity contribution is 0.181. The van der Waals surface area contributed by atoms with E-state index in [1.54, 1.807) is 0 Å². The molecule has 0 radical (unpaired) electrons. The van der Waals surface area contributed by atoms with Crippen LogP contribution in [0.2, 0.25) is 0 Å². The van der Waals surface area contributed by atoms with Crippen LogP contribution in [0.5, 0.6) is 5.75 Å². The maximum atomic E-state index is 6.09. The predicted molar refractivity (Wildman–Crippen MR) is 87.9 cm³/mol. The minimum atomic E-state index is 0.423. The molecule has 116 valence electrons. The van der Waals surface area contributed by atoms with E-state index in [9.17, 15) is 0 Å². The second kappa shape index (κ2) is 6.39. The molecule has 3 rings (SSSR count). The molecule has 0 bridgehead atoms. The Morgan fingerprint density at radius 2 is 2.00 bits per heavy atom. The molecule has 1 aromatic rings. The van der Waals surface area contributed by atoms with Crippen LogP contribution in [-0.2, 0) is 6.42 Å². The molecule has 21 heavy (non-hydrogen) atoms. The first-order valence-corrected chi connectivity index (χ1v) is 8.78. The summed E-state index contributed by atoms with van der Waals surface area (Å²) in [5.74, 6) is 1.19. The van der Waals surface area contributed by atoms with Gasteiger partial charge in [-0.25, -0.2) is 0 Å². The van der Waals surface area contributed by atoms with E-state index >= 15 is 0 Å². The molecule has 1 aromatic carbocycles. The first kappa shape index (κ1) is 14.9. The average molecular weight is 287 g/mol. The zero-order valence-corrected chi connectivity index (χ0v) is 13.6. The molecule has 0 amide bonds. The molecule has 1 unspecified atom stereocenters. The Labute approximate surface area is 129 Å². The summed E-state index contributed by atoms with van der Waals surface area (Å²) in [6, 6.07) is 7.22. The molecule has 1 aliphatic heterocycles. The Bertz CT molecular complexity index is 476. The van der Waals surface area contributed by atoms with E-state index in [2.05, 4.69) is 37.4 Å². The molecule has 0 aromatic heterocycles. The van der Waals surface area contributed by atoms with Gasteiger partial charge in [-0.05, 0) is 49.6 Å². The number of fused-ring (bicyclic) bond motifs is 1. The lowest BCUT2D eigenvalue weighted by Crippen LogP contribution is -2.36. The van der Waals surface area contributed by atoms with Crippen molar-refractivity contribution in [3.05, 3.63) is 29.3 Å². The average Bonchev–Trinajstić information content (AvgIpc) is 3.02. The number of ether oxygens (including phenoxy) is 1. The molecule has 0 spiro atoms. The molecule has 2 heteroatoms. The Balaban J connectivity index is 2.01. The fraction of sp³-hybridized carbons (Fsp3) is 0.684. The fourth-order valence-electron chi connectivity index (χ4n) is 4.43.